The Bertz CT molecular complexity index is 102. The fraction of sp³-hybridized carbons (Fsp3) is 1.00. The Kier molecular flexibility index (Phi) is 6.39. The second-order valence-corrected chi connectivity index (χ2v) is 3.85. The van der Waals surface area contributed by atoms with E-state index < -0.39 is 0 Å². The highest BCUT2D eigenvalue weighted by atomic mass is 16.3. The van der Waals surface area contributed by atoms with Crippen LogP contribution in [0.5, 0.6) is 0 Å². The molecule has 0 saturated carbocycles. The molecule has 2 nitrogen and oxygen atoms in total. The Morgan fingerprint density at radius 2 is 1.83 bits per heavy atom. The smallest absolute Gasteiger partial charge is 0.0524 e. The van der Waals surface area contributed by atoms with Gasteiger partial charge < -0.3 is 10.4 Å². The molecule has 74 valence electrons. The first-order valence-corrected chi connectivity index (χ1v) is 4.99. The van der Waals surface area contributed by atoms with Gasteiger partial charge in [-0.05, 0) is 32.2 Å². The van der Waals surface area contributed by atoms with Crippen molar-refractivity contribution in [3.05, 3.63) is 0 Å². The number of nitrogens with one attached hydrogen (secondary N) is 1. The molecular formula is C10H23NO. The largest absolute Gasteiger partial charge is 0.393 e. The molecule has 0 amide bonds. The van der Waals surface area contributed by atoms with E-state index in [1.807, 2.05) is 6.92 Å². The maximum absolute atomic E-state index is 9.04. The normalized spacial score (nSPS) is 16.5. The van der Waals surface area contributed by atoms with Gasteiger partial charge >= 0.3 is 0 Å². The number of aliphatic hydroxyl groups is 1. The third-order valence-electron chi connectivity index (χ3n) is 2.21. The molecule has 0 aliphatic heterocycles. The Labute approximate surface area is 76.4 Å². The van der Waals surface area contributed by atoms with Crippen molar-refractivity contribution in [2.24, 2.45) is 5.92 Å². The highest BCUT2D eigenvalue weighted by molar-refractivity contribution is 4.68. The summed E-state index contributed by atoms with van der Waals surface area (Å²) >= 11 is 0. The minimum absolute atomic E-state index is 0.179. The van der Waals surface area contributed by atoms with Gasteiger partial charge in [0.1, 0.15) is 0 Å². The third-order valence-corrected chi connectivity index (χ3v) is 2.21. The van der Waals surface area contributed by atoms with E-state index in [4.69, 9.17) is 5.11 Å². The van der Waals surface area contributed by atoms with Crippen molar-refractivity contribution in [3.63, 3.8) is 0 Å². The molecular weight excluding hydrogens is 150 g/mol. The van der Waals surface area contributed by atoms with Crippen molar-refractivity contribution >= 4 is 0 Å². The van der Waals surface area contributed by atoms with Crippen molar-refractivity contribution in [3.8, 4) is 0 Å². The minimum atomic E-state index is -0.179. The monoisotopic (exact) mass is 173 g/mol. The van der Waals surface area contributed by atoms with Gasteiger partial charge in [0, 0.05) is 6.04 Å². The molecule has 0 unspecified atom stereocenters. The first-order chi connectivity index (χ1) is 5.57. The van der Waals surface area contributed by atoms with Gasteiger partial charge in [-0.25, -0.2) is 0 Å². The van der Waals surface area contributed by atoms with Gasteiger partial charge in [-0.2, -0.15) is 0 Å². The summed E-state index contributed by atoms with van der Waals surface area (Å²) in [7, 11) is 0. The zero-order valence-corrected chi connectivity index (χ0v) is 8.80. The number of rotatable bonds is 6. The van der Waals surface area contributed by atoms with Crippen LogP contribution in [0.15, 0.2) is 0 Å². The molecule has 0 aliphatic carbocycles. The van der Waals surface area contributed by atoms with E-state index in [2.05, 4.69) is 26.1 Å². The van der Waals surface area contributed by atoms with Crippen molar-refractivity contribution in [2.75, 3.05) is 6.54 Å². The van der Waals surface area contributed by atoms with Crippen molar-refractivity contribution in [1.29, 1.82) is 0 Å². The summed E-state index contributed by atoms with van der Waals surface area (Å²) in [5.74, 6) is 0.684. The number of hydrogen-bond donors (Lipinski definition) is 2. The molecule has 0 aromatic rings. The van der Waals surface area contributed by atoms with Crippen LogP contribution in [0.4, 0.5) is 0 Å². The molecule has 2 heteroatoms. The summed E-state index contributed by atoms with van der Waals surface area (Å²) in [5, 5.41) is 12.5. The van der Waals surface area contributed by atoms with Gasteiger partial charge in [-0.1, -0.05) is 20.8 Å². The van der Waals surface area contributed by atoms with Crippen LogP contribution in [0, 0.1) is 5.92 Å². The summed E-state index contributed by atoms with van der Waals surface area (Å²) in [4.78, 5) is 0. The maximum Gasteiger partial charge on any atom is 0.0524 e. The van der Waals surface area contributed by atoms with E-state index in [1.54, 1.807) is 0 Å². The number of hydrogen-bond acceptors (Lipinski definition) is 2. The van der Waals surface area contributed by atoms with Crippen LogP contribution in [0.3, 0.4) is 0 Å². The van der Waals surface area contributed by atoms with Crippen molar-refractivity contribution in [2.45, 2.75) is 52.7 Å². The molecule has 2 N–H and O–H groups in total. The minimum Gasteiger partial charge on any atom is -0.393 e. The summed E-state index contributed by atoms with van der Waals surface area (Å²) < 4.78 is 0. The van der Waals surface area contributed by atoms with E-state index in [9.17, 15) is 0 Å². The standard InChI is InChI=1S/C10H23NO/c1-5-10(8(2)3)11-7-6-9(4)12/h8-12H,5-7H2,1-4H3/t9-,10-/m0/s1. The fourth-order valence-electron chi connectivity index (χ4n) is 1.33. The fourth-order valence-corrected chi connectivity index (χ4v) is 1.33. The average Bonchev–Trinajstić information content (AvgIpc) is 1.96. The molecule has 0 rings (SSSR count). The molecule has 0 radical (unpaired) electrons. The van der Waals surface area contributed by atoms with Crippen LogP contribution in [-0.2, 0) is 0 Å². The zero-order chi connectivity index (χ0) is 9.56. The molecule has 0 bridgehead atoms. The van der Waals surface area contributed by atoms with Gasteiger partial charge in [0.15, 0.2) is 0 Å². The van der Waals surface area contributed by atoms with Crippen LogP contribution < -0.4 is 5.32 Å². The molecule has 0 saturated heterocycles. The van der Waals surface area contributed by atoms with E-state index in [1.165, 1.54) is 0 Å². The summed E-state index contributed by atoms with van der Waals surface area (Å²) in [6.07, 6.45) is 1.84. The molecule has 0 aromatic heterocycles. The van der Waals surface area contributed by atoms with Crippen LogP contribution in [0.1, 0.15) is 40.5 Å². The van der Waals surface area contributed by atoms with Gasteiger partial charge in [-0.3, -0.25) is 0 Å². The second kappa shape index (κ2) is 6.44. The van der Waals surface area contributed by atoms with Crippen molar-refractivity contribution < 1.29 is 5.11 Å². The van der Waals surface area contributed by atoms with Crippen LogP contribution in [0.25, 0.3) is 0 Å². The lowest BCUT2D eigenvalue weighted by Gasteiger charge is -2.20. The van der Waals surface area contributed by atoms with Gasteiger partial charge in [0.25, 0.3) is 0 Å². The molecule has 0 fully saturated rings. The van der Waals surface area contributed by atoms with Gasteiger partial charge in [0.05, 0.1) is 6.10 Å². The Morgan fingerprint density at radius 3 is 2.17 bits per heavy atom. The predicted molar refractivity (Wildman–Crippen MR) is 53.2 cm³/mol. The molecule has 12 heavy (non-hydrogen) atoms. The second-order valence-electron chi connectivity index (χ2n) is 3.85. The molecule has 0 aliphatic rings. The lowest BCUT2D eigenvalue weighted by atomic mass is 10.0. The van der Waals surface area contributed by atoms with E-state index in [-0.39, 0.29) is 6.10 Å². The highest BCUT2D eigenvalue weighted by Crippen LogP contribution is 2.05. The van der Waals surface area contributed by atoms with Crippen LogP contribution >= 0.6 is 0 Å². The lowest BCUT2D eigenvalue weighted by molar-refractivity contribution is 0.180. The topological polar surface area (TPSA) is 32.3 Å². The SMILES string of the molecule is CC[C@H](NCC[C@H](C)O)C(C)C. The molecule has 2 atom stereocenters. The van der Waals surface area contributed by atoms with Crippen LogP contribution in [0.2, 0.25) is 0 Å². The quantitative estimate of drug-likeness (QED) is 0.641. The highest BCUT2D eigenvalue weighted by Gasteiger charge is 2.09. The van der Waals surface area contributed by atoms with Gasteiger partial charge in [0.2, 0.25) is 0 Å². The third kappa shape index (κ3) is 5.56. The summed E-state index contributed by atoms with van der Waals surface area (Å²) in [6.45, 7) is 9.40. The van der Waals surface area contributed by atoms with E-state index in [0.717, 1.165) is 19.4 Å². The Morgan fingerprint density at radius 1 is 1.25 bits per heavy atom. The first kappa shape index (κ1) is 11.9. The van der Waals surface area contributed by atoms with E-state index >= 15 is 0 Å². The van der Waals surface area contributed by atoms with Gasteiger partial charge in [-0.15, -0.1) is 0 Å². The maximum atomic E-state index is 9.04. The first-order valence-electron chi connectivity index (χ1n) is 4.99. The lowest BCUT2D eigenvalue weighted by Crippen LogP contribution is -2.34. The Hall–Kier alpha value is -0.0800. The Balaban J connectivity index is 3.45. The van der Waals surface area contributed by atoms with E-state index in [0.29, 0.717) is 12.0 Å². The van der Waals surface area contributed by atoms with Crippen LogP contribution in [-0.4, -0.2) is 23.8 Å². The summed E-state index contributed by atoms with van der Waals surface area (Å²) in [6, 6.07) is 0.601. The molecule has 0 heterocycles. The molecule has 0 spiro atoms. The summed E-state index contributed by atoms with van der Waals surface area (Å²) in [5.41, 5.74) is 0. The predicted octanol–water partition coefficient (Wildman–Crippen LogP) is 1.78. The zero-order valence-electron chi connectivity index (χ0n) is 8.80. The van der Waals surface area contributed by atoms with Crippen molar-refractivity contribution in [1.82, 2.24) is 5.32 Å². The number of aliphatic hydroxyl groups excluding tert-OH is 1. The molecule has 0 aromatic carbocycles. The average molecular weight is 173 g/mol.